The van der Waals surface area contributed by atoms with E-state index in [1.54, 1.807) is 12.5 Å². The van der Waals surface area contributed by atoms with Crippen molar-refractivity contribution < 1.29 is 14.3 Å². The van der Waals surface area contributed by atoms with Crippen LogP contribution in [-0.4, -0.2) is 41.1 Å². The molecular weight excluding hydrogens is 466 g/mol. The molecule has 1 amide bonds. The van der Waals surface area contributed by atoms with E-state index in [1.165, 1.54) is 7.11 Å². The highest BCUT2D eigenvalue weighted by Gasteiger charge is 2.08. The fraction of sp³-hybridized carbons (Fsp3) is 0.241. The number of fused-ring (bicyclic) bond motifs is 1. The minimum atomic E-state index is -0.155. The number of nitrogens with zero attached hydrogens (tertiary/aromatic N) is 3. The number of amides is 1. The summed E-state index contributed by atoms with van der Waals surface area (Å²) in [6.07, 6.45) is 7.09. The molecule has 0 atom stereocenters. The highest BCUT2D eigenvalue weighted by molar-refractivity contribution is 5.92. The van der Waals surface area contributed by atoms with Gasteiger partial charge in [0, 0.05) is 30.4 Å². The van der Waals surface area contributed by atoms with Crippen LogP contribution >= 0.6 is 0 Å². The molecular formula is C29H35N5O3. The number of ether oxygens (including phenoxy) is 2. The summed E-state index contributed by atoms with van der Waals surface area (Å²) in [4.78, 5) is 24.6. The number of rotatable bonds is 9. The Labute approximate surface area is 218 Å². The highest BCUT2D eigenvalue weighted by Crippen LogP contribution is 2.30. The summed E-state index contributed by atoms with van der Waals surface area (Å²) in [6, 6.07) is 15.6. The molecule has 194 valence electrons. The summed E-state index contributed by atoms with van der Waals surface area (Å²) in [5, 5.41) is 7.05. The fourth-order valence-electron chi connectivity index (χ4n) is 3.45. The Morgan fingerprint density at radius 1 is 1.00 bits per heavy atom. The van der Waals surface area contributed by atoms with E-state index >= 15 is 0 Å². The quantitative estimate of drug-likeness (QED) is 0.281. The number of nitrogens with one attached hydrogen (secondary N) is 2. The molecule has 0 aliphatic carbocycles. The van der Waals surface area contributed by atoms with Gasteiger partial charge in [-0.3, -0.25) is 9.78 Å². The van der Waals surface area contributed by atoms with Crippen molar-refractivity contribution >= 4 is 34.4 Å². The molecule has 2 heterocycles. The van der Waals surface area contributed by atoms with Crippen molar-refractivity contribution in [3.8, 4) is 11.5 Å². The Morgan fingerprint density at radius 3 is 2.57 bits per heavy atom. The standard InChI is InChI=1S/C27H27N5O3.2CH4/c1-18-13-21(8-11-25(18)35-22-9-6-19(2)29-15-22)32-27-23-14-20(7-10-24(23)30-17-31-27)5-4-12-28-26(33)16-34-3;;/h4-11,13-15,17H,12,16H2,1-3H3,(H,28,33)(H,30,31,32);2*1H4/b5-4+;;. The van der Waals surface area contributed by atoms with Crippen molar-refractivity contribution in [2.75, 3.05) is 25.6 Å². The van der Waals surface area contributed by atoms with Crippen molar-refractivity contribution in [3.05, 3.63) is 84.0 Å². The molecule has 0 fully saturated rings. The lowest BCUT2D eigenvalue weighted by atomic mass is 10.1. The van der Waals surface area contributed by atoms with E-state index in [2.05, 4.69) is 25.6 Å². The average Bonchev–Trinajstić information content (AvgIpc) is 2.85. The third-order valence-electron chi connectivity index (χ3n) is 5.21. The molecule has 0 aliphatic heterocycles. The van der Waals surface area contributed by atoms with Gasteiger partial charge < -0.3 is 20.1 Å². The SMILES string of the molecule is C.C.COCC(=O)NC/C=C/c1ccc2ncnc(Nc3ccc(Oc4ccc(C)nc4)c(C)c3)c2c1. The van der Waals surface area contributed by atoms with Crippen molar-refractivity contribution in [2.24, 2.45) is 0 Å². The fourth-order valence-corrected chi connectivity index (χ4v) is 3.45. The van der Waals surface area contributed by atoms with Gasteiger partial charge in [0.05, 0.1) is 11.7 Å². The molecule has 0 radical (unpaired) electrons. The zero-order chi connectivity index (χ0) is 24.6. The normalized spacial score (nSPS) is 10.5. The third kappa shape index (κ3) is 7.85. The Balaban J connectivity index is 0.00000241. The van der Waals surface area contributed by atoms with E-state index in [-0.39, 0.29) is 27.4 Å². The van der Waals surface area contributed by atoms with Crippen LogP contribution in [0.2, 0.25) is 0 Å². The molecule has 2 aromatic carbocycles. The number of anilines is 2. The Hall–Kier alpha value is -4.30. The summed E-state index contributed by atoms with van der Waals surface area (Å²) < 4.78 is 10.8. The summed E-state index contributed by atoms with van der Waals surface area (Å²) in [5.74, 6) is 2.01. The second-order valence-corrected chi connectivity index (χ2v) is 7.98. The monoisotopic (exact) mass is 501 g/mol. The van der Waals surface area contributed by atoms with Crippen molar-refractivity contribution in [2.45, 2.75) is 28.7 Å². The van der Waals surface area contributed by atoms with Crippen LogP contribution in [0.15, 0.2) is 67.1 Å². The Kier molecular flexibility index (Phi) is 10.7. The molecule has 0 bridgehead atoms. The number of aromatic nitrogens is 3. The lowest BCUT2D eigenvalue weighted by Crippen LogP contribution is -2.26. The zero-order valence-corrected chi connectivity index (χ0v) is 19.9. The predicted molar refractivity (Wildman–Crippen MR) is 150 cm³/mol. The van der Waals surface area contributed by atoms with E-state index in [9.17, 15) is 4.79 Å². The number of carbonyl (C=O) groups is 1. The largest absolute Gasteiger partial charge is 0.455 e. The number of carbonyl (C=O) groups excluding carboxylic acids is 1. The molecule has 4 aromatic rings. The van der Waals surface area contributed by atoms with Gasteiger partial charge in [-0.2, -0.15) is 0 Å². The molecule has 4 rings (SSSR count). The number of benzene rings is 2. The van der Waals surface area contributed by atoms with Crippen molar-refractivity contribution in [3.63, 3.8) is 0 Å². The van der Waals surface area contributed by atoms with E-state index in [1.807, 2.05) is 74.5 Å². The average molecular weight is 502 g/mol. The minimum Gasteiger partial charge on any atom is -0.455 e. The maximum atomic E-state index is 11.5. The van der Waals surface area contributed by atoms with E-state index in [0.717, 1.165) is 39.2 Å². The lowest BCUT2D eigenvalue weighted by Gasteiger charge is -2.12. The topological polar surface area (TPSA) is 98.3 Å². The molecule has 8 heteroatoms. The van der Waals surface area contributed by atoms with Crippen LogP contribution in [0.5, 0.6) is 11.5 Å². The van der Waals surface area contributed by atoms with Gasteiger partial charge in [-0.05, 0) is 67.4 Å². The smallest absolute Gasteiger partial charge is 0.246 e. The number of methoxy groups -OCH3 is 1. The molecule has 2 N–H and O–H groups in total. The van der Waals surface area contributed by atoms with Crippen LogP contribution in [-0.2, 0) is 9.53 Å². The van der Waals surface area contributed by atoms with Crippen LogP contribution in [0, 0.1) is 13.8 Å². The molecule has 0 saturated heterocycles. The molecule has 0 unspecified atom stereocenters. The van der Waals surface area contributed by atoms with Crippen LogP contribution in [0.4, 0.5) is 11.5 Å². The van der Waals surface area contributed by atoms with Gasteiger partial charge in [-0.1, -0.05) is 33.1 Å². The first-order valence-corrected chi connectivity index (χ1v) is 11.2. The van der Waals surface area contributed by atoms with Crippen LogP contribution in [0.3, 0.4) is 0 Å². The molecule has 37 heavy (non-hydrogen) atoms. The second kappa shape index (κ2) is 13.7. The first kappa shape index (κ1) is 28.9. The minimum absolute atomic E-state index is 0. The molecule has 0 aliphatic rings. The van der Waals surface area contributed by atoms with Gasteiger partial charge >= 0.3 is 0 Å². The molecule has 0 spiro atoms. The number of aryl methyl sites for hydroxylation is 2. The van der Waals surface area contributed by atoms with Gasteiger partial charge in [0.15, 0.2) is 0 Å². The second-order valence-electron chi connectivity index (χ2n) is 7.98. The zero-order valence-electron chi connectivity index (χ0n) is 19.9. The van der Waals surface area contributed by atoms with Crippen molar-refractivity contribution in [1.82, 2.24) is 20.3 Å². The van der Waals surface area contributed by atoms with E-state index < -0.39 is 0 Å². The first-order chi connectivity index (χ1) is 17.0. The summed E-state index contributed by atoms with van der Waals surface area (Å²) in [7, 11) is 1.49. The summed E-state index contributed by atoms with van der Waals surface area (Å²) in [5.41, 5.74) is 4.62. The molecule has 0 saturated carbocycles. The van der Waals surface area contributed by atoms with Gasteiger partial charge in [-0.15, -0.1) is 0 Å². The maximum absolute atomic E-state index is 11.5. The van der Waals surface area contributed by atoms with Gasteiger partial charge in [-0.25, -0.2) is 9.97 Å². The first-order valence-electron chi connectivity index (χ1n) is 11.2. The maximum Gasteiger partial charge on any atom is 0.246 e. The number of hydrogen-bond donors (Lipinski definition) is 2. The Morgan fingerprint density at radius 2 is 1.84 bits per heavy atom. The van der Waals surface area contributed by atoms with Crippen LogP contribution < -0.4 is 15.4 Å². The van der Waals surface area contributed by atoms with Gasteiger partial charge in [0.2, 0.25) is 5.91 Å². The number of hydrogen-bond acceptors (Lipinski definition) is 7. The third-order valence-corrected chi connectivity index (χ3v) is 5.21. The Bertz CT molecular complexity index is 1350. The highest BCUT2D eigenvalue weighted by atomic mass is 16.5. The van der Waals surface area contributed by atoms with Crippen LogP contribution in [0.1, 0.15) is 31.7 Å². The van der Waals surface area contributed by atoms with E-state index in [0.29, 0.717) is 18.1 Å². The van der Waals surface area contributed by atoms with Gasteiger partial charge in [0.25, 0.3) is 0 Å². The predicted octanol–water partition coefficient (Wildman–Crippen LogP) is 6.23. The molecule has 2 aromatic heterocycles. The summed E-state index contributed by atoms with van der Waals surface area (Å²) >= 11 is 0. The van der Waals surface area contributed by atoms with Gasteiger partial charge in [0.1, 0.15) is 30.3 Å². The summed E-state index contributed by atoms with van der Waals surface area (Å²) in [6.45, 7) is 4.40. The lowest BCUT2D eigenvalue weighted by molar-refractivity contribution is -0.124. The molecule has 8 nitrogen and oxygen atoms in total. The van der Waals surface area contributed by atoms with Crippen molar-refractivity contribution in [1.29, 1.82) is 0 Å². The van der Waals surface area contributed by atoms with E-state index in [4.69, 9.17) is 9.47 Å². The number of pyridine rings is 1. The van der Waals surface area contributed by atoms with Crippen LogP contribution in [0.25, 0.3) is 17.0 Å².